The third-order valence-electron chi connectivity index (χ3n) is 2.93. The van der Waals surface area contributed by atoms with Gasteiger partial charge in [-0.1, -0.05) is 29.5 Å². The van der Waals surface area contributed by atoms with E-state index >= 15 is 0 Å². The molecule has 0 aliphatic rings. The van der Waals surface area contributed by atoms with Crippen molar-refractivity contribution in [3.63, 3.8) is 0 Å². The fourth-order valence-corrected chi connectivity index (χ4v) is 2.95. The number of benzene rings is 1. The Bertz CT molecular complexity index is 729. The minimum atomic E-state index is 0.795. The van der Waals surface area contributed by atoms with E-state index in [1.54, 1.807) is 11.8 Å². The Labute approximate surface area is 116 Å². The second kappa shape index (κ2) is 4.70. The molecular weight excluding hydrogens is 254 g/mol. The third-order valence-corrected chi connectivity index (χ3v) is 3.95. The molecule has 0 saturated heterocycles. The minimum absolute atomic E-state index is 0.795. The maximum absolute atomic E-state index is 4.56. The maximum atomic E-state index is 4.56. The lowest BCUT2D eigenvalue weighted by atomic mass is 10.2. The zero-order valence-corrected chi connectivity index (χ0v) is 12.0. The molecule has 0 radical (unpaired) electrons. The van der Waals surface area contributed by atoms with Crippen LogP contribution in [0.4, 0.5) is 0 Å². The molecule has 0 bridgehead atoms. The molecule has 3 nitrogen and oxygen atoms in total. The van der Waals surface area contributed by atoms with Gasteiger partial charge < -0.3 is 4.98 Å². The predicted molar refractivity (Wildman–Crippen MR) is 78.7 cm³/mol. The molecule has 0 fully saturated rings. The number of aromatic nitrogens is 3. The smallest absolute Gasteiger partial charge is 0.142 e. The lowest BCUT2D eigenvalue weighted by Crippen LogP contribution is -1.91. The van der Waals surface area contributed by atoms with E-state index in [1.165, 1.54) is 10.5 Å². The molecule has 0 spiro atoms. The SMILES string of the molecule is Cc1ccc(Sc2nc(C)nc3[nH]c(C)cc23)cc1. The quantitative estimate of drug-likeness (QED) is 0.714. The zero-order valence-electron chi connectivity index (χ0n) is 11.2. The van der Waals surface area contributed by atoms with Gasteiger partial charge in [-0.25, -0.2) is 9.97 Å². The van der Waals surface area contributed by atoms with Crippen molar-refractivity contribution in [3.8, 4) is 0 Å². The Morgan fingerprint density at radius 2 is 1.74 bits per heavy atom. The van der Waals surface area contributed by atoms with Gasteiger partial charge in [0.25, 0.3) is 0 Å². The highest BCUT2D eigenvalue weighted by molar-refractivity contribution is 7.99. The molecule has 1 N–H and O–H groups in total. The monoisotopic (exact) mass is 269 g/mol. The van der Waals surface area contributed by atoms with E-state index in [0.717, 1.165) is 27.6 Å². The lowest BCUT2D eigenvalue weighted by molar-refractivity contribution is 1.00. The zero-order chi connectivity index (χ0) is 13.4. The standard InChI is InChI=1S/C15H15N3S/c1-9-4-6-12(7-5-9)19-15-13-8-10(2)16-14(13)17-11(3)18-15/h4-8H,1-3H3,(H,16,17,18). The number of aryl methyl sites for hydroxylation is 3. The van der Waals surface area contributed by atoms with Crippen LogP contribution in [0.1, 0.15) is 17.1 Å². The van der Waals surface area contributed by atoms with Crippen molar-refractivity contribution in [1.82, 2.24) is 15.0 Å². The van der Waals surface area contributed by atoms with Crippen LogP contribution in [0.3, 0.4) is 0 Å². The first-order valence-electron chi connectivity index (χ1n) is 6.20. The number of nitrogens with one attached hydrogen (secondary N) is 1. The first kappa shape index (κ1) is 12.2. The summed E-state index contributed by atoms with van der Waals surface area (Å²) in [6, 6.07) is 10.6. The largest absolute Gasteiger partial charge is 0.343 e. The molecule has 19 heavy (non-hydrogen) atoms. The van der Waals surface area contributed by atoms with Crippen LogP contribution in [-0.4, -0.2) is 15.0 Å². The molecule has 0 aliphatic heterocycles. The highest BCUT2D eigenvalue weighted by Gasteiger charge is 2.09. The number of H-pyrrole nitrogens is 1. The van der Waals surface area contributed by atoms with E-state index in [9.17, 15) is 0 Å². The van der Waals surface area contributed by atoms with Gasteiger partial charge in [0.1, 0.15) is 16.5 Å². The Balaban J connectivity index is 2.06. The first-order chi connectivity index (χ1) is 9.11. The van der Waals surface area contributed by atoms with Gasteiger partial charge >= 0.3 is 0 Å². The second-order valence-corrected chi connectivity index (χ2v) is 5.77. The highest BCUT2D eigenvalue weighted by Crippen LogP contribution is 2.31. The van der Waals surface area contributed by atoms with Gasteiger partial charge in [0.2, 0.25) is 0 Å². The van der Waals surface area contributed by atoms with E-state index in [0.29, 0.717) is 0 Å². The number of hydrogen-bond donors (Lipinski definition) is 1. The molecule has 0 unspecified atom stereocenters. The van der Waals surface area contributed by atoms with Crippen molar-refractivity contribution in [2.75, 3.05) is 0 Å². The summed E-state index contributed by atoms with van der Waals surface area (Å²) in [4.78, 5) is 13.5. The van der Waals surface area contributed by atoms with Crippen molar-refractivity contribution in [2.45, 2.75) is 30.7 Å². The summed E-state index contributed by atoms with van der Waals surface area (Å²) in [5.74, 6) is 0.795. The summed E-state index contributed by atoms with van der Waals surface area (Å²) in [5.41, 5.74) is 3.30. The molecule has 3 rings (SSSR count). The summed E-state index contributed by atoms with van der Waals surface area (Å²) < 4.78 is 0. The molecule has 0 aliphatic carbocycles. The summed E-state index contributed by atoms with van der Waals surface area (Å²) in [6.45, 7) is 6.06. The third kappa shape index (κ3) is 2.49. The van der Waals surface area contributed by atoms with Gasteiger partial charge in [0.05, 0.1) is 5.39 Å². The summed E-state index contributed by atoms with van der Waals surface area (Å²) in [6.07, 6.45) is 0. The van der Waals surface area contributed by atoms with Gasteiger partial charge in [0, 0.05) is 10.6 Å². The van der Waals surface area contributed by atoms with Gasteiger partial charge in [-0.15, -0.1) is 0 Å². The van der Waals surface area contributed by atoms with Crippen LogP contribution in [0.25, 0.3) is 11.0 Å². The number of hydrogen-bond acceptors (Lipinski definition) is 3. The number of aromatic amines is 1. The Hall–Kier alpha value is -1.81. The maximum Gasteiger partial charge on any atom is 0.142 e. The second-order valence-electron chi connectivity index (χ2n) is 4.71. The minimum Gasteiger partial charge on any atom is -0.343 e. The van der Waals surface area contributed by atoms with E-state index in [2.05, 4.69) is 52.2 Å². The fourth-order valence-electron chi connectivity index (χ4n) is 2.02. The van der Waals surface area contributed by atoms with Crippen LogP contribution < -0.4 is 0 Å². The molecule has 3 aromatic rings. The number of fused-ring (bicyclic) bond motifs is 1. The van der Waals surface area contributed by atoms with Gasteiger partial charge in [-0.3, -0.25) is 0 Å². The Kier molecular flexibility index (Phi) is 3.03. The van der Waals surface area contributed by atoms with Crippen molar-refractivity contribution < 1.29 is 0 Å². The molecule has 4 heteroatoms. The number of rotatable bonds is 2. The lowest BCUT2D eigenvalue weighted by Gasteiger charge is -2.04. The summed E-state index contributed by atoms with van der Waals surface area (Å²) in [7, 11) is 0. The molecule has 2 aromatic heterocycles. The van der Waals surface area contributed by atoms with Gasteiger partial charge in [0.15, 0.2) is 0 Å². The van der Waals surface area contributed by atoms with Crippen LogP contribution in [0.5, 0.6) is 0 Å². The van der Waals surface area contributed by atoms with Crippen LogP contribution in [0.15, 0.2) is 40.3 Å². The van der Waals surface area contributed by atoms with Crippen molar-refractivity contribution in [3.05, 3.63) is 47.4 Å². The summed E-state index contributed by atoms with van der Waals surface area (Å²) >= 11 is 1.68. The van der Waals surface area contributed by atoms with Crippen LogP contribution >= 0.6 is 11.8 Å². The van der Waals surface area contributed by atoms with Gasteiger partial charge in [-0.05, 0) is 39.0 Å². The van der Waals surface area contributed by atoms with Crippen molar-refractivity contribution in [2.24, 2.45) is 0 Å². The normalized spacial score (nSPS) is 11.1. The molecule has 0 amide bonds. The molecule has 96 valence electrons. The first-order valence-corrected chi connectivity index (χ1v) is 7.02. The average Bonchev–Trinajstić information content (AvgIpc) is 2.72. The fraction of sp³-hybridized carbons (Fsp3) is 0.200. The van der Waals surface area contributed by atoms with E-state index < -0.39 is 0 Å². The average molecular weight is 269 g/mol. The van der Waals surface area contributed by atoms with Crippen LogP contribution in [0.2, 0.25) is 0 Å². The molecule has 0 atom stereocenters. The molecule has 2 heterocycles. The topological polar surface area (TPSA) is 41.6 Å². The van der Waals surface area contributed by atoms with E-state index in [4.69, 9.17) is 0 Å². The van der Waals surface area contributed by atoms with E-state index in [-0.39, 0.29) is 0 Å². The van der Waals surface area contributed by atoms with Crippen LogP contribution in [-0.2, 0) is 0 Å². The Morgan fingerprint density at radius 1 is 1.00 bits per heavy atom. The summed E-state index contributed by atoms with van der Waals surface area (Å²) in [5, 5.41) is 2.10. The molecule has 0 saturated carbocycles. The highest BCUT2D eigenvalue weighted by atomic mass is 32.2. The molecular formula is C15H15N3S. The Morgan fingerprint density at radius 3 is 2.47 bits per heavy atom. The van der Waals surface area contributed by atoms with Crippen LogP contribution in [0, 0.1) is 20.8 Å². The van der Waals surface area contributed by atoms with Crippen molar-refractivity contribution in [1.29, 1.82) is 0 Å². The van der Waals surface area contributed by atoms with Crippen molar-refractivity contribution >= 4 is 22.8 Å². The van der Waals surface area contributed by atoms with E-state index in [1.807, 2.05) is 13.8 Å². The molecule has 1 aromatic carbocycles. The number of nitrogens with zero attached hydrogens (tertiary/aromatic N) is 2. The van der Waals surface area contributed by atoms with Gasteiger partial charge in [-0.2, -0.15) is 0 Å². The predicted octanol–water partition coefficient (Wildman–Crippen LogP) is 4.03.